The van der Waals surface area contributed by atoms with E-state index in [4.69, 9.17) is 27.9 Å². The molecule has 0 fully saturated rings. The smallest absolute Gasteiger partial charge is 0.333 e. The number of halogens is 2. The molecule has 0 spiro atoms. The summed E-state index contributed by atoms with van der Waals surface area (Å²) in [6.45, 7) is 1.31. The number of nitrogens with zero attached hydrogens (tertiary/aromatic N) is 3. The minimum atomic E-state index is -0.337. The molecule has 0 aromatic carbocycles. The lowest BCUT2D eigenvalue weighted by atomic mass is 10.2. The molecule has 0 unspecified atom stereocenters. The standard InChI is InChI=1S/C16H13Cl2N3O2/c17-14-4-3-11(7-20-14)8-21(13-6-15(22)23-10-13)9-12-2-1-5-19-16(12)18/h1-7H,8-10H2. The van der Waals surface area contributed by atoms with Gasteiger partial charge in [0, 0.05) is 37.1 Å². The molecule has 0 saturated carbocycles. The van der Waals surface area contributed by atoms with Crippen molar-refractivity contribution in [2.24, 2.45) is 0 Å². The molecule has 0 aliphatic carbocycles. The largest absolute Gasteiger partial charge is 0.456 e. The summed E-state index contributed by atoms with van der Waals surface area (Å²) in [6.07, 6.45) is 4.84. The predicted octanol–water partition coefficient (Wildman–Crippen LogP) is 3.23. The van der Waals surface area contributed by atoms with Crippen LogP contribution in [0.1, 0.15) is 11.1 Å². The van der Waals surface area contributed by atoms with Crippen LogP contribution in [-0.2, 0) is 22.6 Å². The normalized spacial score (nSPS) is 13.7. The van der Waals surface area contributed by atoms with Gasteiger partial charge in [-0.05, 0) is 17.7 Å². The van der Waals surface area contributed by atoms with E-state index in [-0.39, 0.29) is 12.6 Å². The van der Waals surface area contributed by atoms with Gasteiger partial charge in [-0.3, -0.25) is 0 Å². The first-order chi connectivity index (χ1) is 11.1. The summed E-state index contributed by atoms with van der Waals surface area (Å²) >= 11 is 12.0. The molecule has 118 valence electrons. The van der Waals surface area contributed by atoms with Crippen LogP contribution < -0.4 is 0 Å². The second-order valence-electron chi connectivity index (χ2n) is 5.04. The van der Waals surface area contributed by atoms with Crippen LogP contribution in [0.15, 0.2) is 48.4 Å². The zero-order valence-corrected chi connectivity index (χ0v) is 13.6. The van der Waals surface area contributed by atoms with E-state index in [0.29, 0.717) is 23.4 Å². The Hall–Kier alpha value is -2.11. The first-order valence-corrected chi connectivity index (χ1v) is 7.69. The minimum Gasteiger partial charge on any atom is -0.456 e. The lowest BCUT2D eigenvalue weighted by Crippen LogP contribution is -2.23. The van der Waals surface area contributed by atoms with Gasteiger partial charge in [0.05, 0.1) is 5.70 Å². The summed E-state index contributed by atoms with van der Waals surface area (Å²) in [5.74, 6) is -0.337. The zero-order valence-electron chi connectivity index (χ0n) is 12.1. The van der Waals surface area contributed by atoms with Gasteiger partial charge < -0.3 is 9.64 Å². The molecular formula is C16H13Cl2N3O2. The Kier molecular flexibility index (Phi) is 4.79. The van der Waals surface area contributed by atoms with Crippen molar-refractivity contribution in [3.63, 3.8) is 0 Å². The number of hydrogen-bond donors (Lipinski definition) is 0. The first kappa shape index (κ1) is 15.8. The van der Waals surface area contributed by atoms with Crippen molar-refractivity contribution in [1.29, 1.82) is 0 Å². The minimum absolute atomic E-state index is 0.248. The lowest BCUT2D eigenvalue weighted by Gasteiger charge is -2.25. The Labute approximate surface area is 143 Å². The van der Waals surface area contributed by atoms with Crippen LogP contribution in [0.5, 0.6) is 0 Å². The van der Waals surface area contributed by atoms with Crippen LogP contribution in [0.25, 0.3) is 0 Å². The molecule has 7 heteroatoms. The zero-order chi connectivity index (χ0) is 16.2. The molecule has 5 nitrogen and oxygen atoms in total. The second-order valence-corrected chi connectivity index (χ2v) is 5.79. The Morgan fingerprint density at radius 1 is 1.17 bits per heavy atom. The molecular weight excluding hydrogens is 337 g/mol. The van der Waals surface area contributed by atoms with E-state index in [2.05, 4.69) is 9.97 Å². The van der Waals surface area contributed by atoms with Crippen LogP contribution >= 0.6 is 23.2 Å². The van der Waals surface area contributed by atoms with E-state index in [1.54, 1.807) is 18.5 Å². The van der Waals surface area contributed by atoms with Gasteiger partial charge in [-0.1, -0.05) is 35.3 Å². The summed E-state index contributed by atoms with van der Waals surface area (Å²) in [5.41, 5.74) is 2.64. The van der Waals surface area contributed by atoms with E-state index >= 15 is 0 Å². The summed E-state index contributed by atoms with van der Waals surface area (Å²) in [7, 11) is 0. The third kappa shape index (κ3) is 4.00. The number of pyridine rings is 2. The summed E-state index contributed by atoms with van der Waals surface area (Å²) in [5, 5.41) is 0.881. The van der Waals surface area contributed by atoms with Gasteiger partial charge in [0.1, 0.15) is 16.9 Å². The predicted molar refractivity (Wildman–Crippen MR) is 86.8 cm³/mol. The number of cyclic esters (lactones) is 1. The van der Waals surface area contributed by atoms with Crippen LogP contribution in [-0.4, -0.2) is 27.4 Å². The SMILES string of the molecule is O=C1C=C(N(Cc2ccc(Cl)nc2)Cc2cccnc2Cl)CO1. The van der Waals surface area contributed by atoms with E-state index < -0.39 is 0 Å². The topological polar surface area (TPSA) is 55.3 Å². The van der Waals surface area contributed by atoms with Gasteiger partial charge in [-0.2, -0.15) is 0 Å². The maximum Gasteiger partial charge on any atom is 0.333 e. The maximum absolute atomic E-state index is 11.4. The molecule has 2 aromatic heterocycles. The van der Waals surface area contributed by atoms with Gasteiger partial charge in [-0.25, -0.2) is 14.8 Å². The lowest BCUT2D eigenvalue weighted by molar-refractivity contribution is -0.135. The average Bonchev–Trinajstić information content (AvgIpc) is 2.97. The summed E-state index contributed by atoms with van der Waals surface area (Å²) in [4.78, 5) is 21.6. The number of rotatable bonds is 5. The Balaban J connectivity index is 1.84. The molecule has 23 heavy (non-hydrogen) atoms. The van der Waals surface area contributed by atoms with E-state index in [9.17, 15) is 4.79 Å². The number of ether oxygens (including phenoxy) is 1. The van der Waals surface area contributed by atoms with Gasteiger partial charge >= 0.3 is 5.97 Å². The van der Waals surface area contributed by atoms with Crippen molar-refractivity contribution in [3.8, 4) is 0 Å². The first-order valence-electron chi connectivity index (χ1n) is 6.94. The number of aromatic nitrogens is 2. The molecule has 1 aliphatic rings. The highest BCUT2D eigenvalue weighted by molar-refractivity contribution is 6.30. The van der Waals surface area contributed by atoms with Crippen LogP contribution in [0.3, 0.4) is 0 Å². The third-order valence-corrected chi connectivity index (χ3v) is 3.98. The summed E-state index contributed by atoms with van der Waals surface area (Å²) < 4.78 is 5.01. The highest BCUT2D eigenvalue weighted by atomic mass is 35.5. The number of carbonyl (C=O) groups excluding carboxylic acids is 1. The Morgan fingerprint density at radius 3 is 2.70 bits per heavy atom. The van der Waals surface area contributed by atoms with Crippen molar-refractivity contribution in [2.45, 2.75) is 13.1 Å². The van der Waals surface area contributed by atoms with Crippen molar-refractivity contribution < 1.29 is 9.53 Å². The summed E-state index contributed by atoms with van der Waals surface area (Å²) in [6, 6.07) is 7.36. The number of hydrogen-bond acceptors (Lipinski definition) is 5. The molecule has 3 rings (SSSR count). The van der Waals surface area contributed by atoms with Crippen molar-refractivity contribution in [3.05, 3.63) is 69.9 Å². The van der Waals surface area contributed by atoms with Gasteiger partial charge in [0.25, 0.3) is 0 Å². The molecule has 3 heterocycles. The molecule has 0 amide bonds. The average molecular weight is 350 g/mol. The van der Waals surface area contributed by atoms with Gasteiger partial charge in [0.2, 0.25) is 0 Å². The van der Waals surface area contributed by atoms with Crippen molar-refractivity contribution in [1.82, 2.24) is 14.9 Å². The molecule has 0 bridgehead atoms. The van der Waals surface area contributed by atoms with Crippen LogP contribution in [0.2, 0.25) is 10.3 Å². The fraction of sp³-hybridized carbons (Fsp3) is 0.188. The fourth-order valence-electron chi connectivity index (χ4n) is 2.27. The van der Waals surface area contributed by atoms with Gasteiger partial charge in [-0.15, -0.1) is 0 Å². The molecule has 0 atom stereocenters. The van der Waals surface area contributed by atoms with E-state index in [1.807, 2.05) is 23.1 Å². The van der Waals surface area contributed by atoms with Crippen molar-refractivity contribution >= 4 is 29.2 Å². The third-order valence-electron chi connectivity index (χ3n) is 3.41. The number of esters is 1. The molecule has 0 saturated heterocycles. The second kappa shape index (κ2) is 6.98. The Morgan fingerprint density at radius 2 is 2.04 bits per heavy atom. The molecule has 2 aromatic rings. The molecule has 1 aliphatic heterocycles. The maximum atomic E-state index is 11.4. The number of carbonyl (C=O) groups is 1. The van der Waals surface area contributed by atoms with E-state index in [0.717, 1.165) is 16.8 Å². The van der Waals surface area contributed by atoms with Crippen LogP contribution in [0, 0.1) is 0 Å². The molecule has 0 radical (unpaired) electrons. The van der Waals surface area contributed by atoms with Crippen molar-refractivity contribution in [2.75, 3.05) is 6.61 Å². The fourth-order valence-corrected chi connectivity index (χ4v) is 2.56. The monoisotopic (exact) mass is 349 g/mol. The molecule has 0 N–H and O–H groups in total. The highest BCUT2D eigenvalue weighted by Gasteiger charge is 2.20. The quantitative estimate of drug-likeness (QED) is 0.612. The van der Waals surface area contributed by atoms with Crippen LogP contribution in [0.4, 0.5) is 0 Å². The van der Waals surface area contributed by atoms with Gasteiger partial charge in [0.15, 0.2) is 0 Å². The highest BCUT2D eigenvalue weighted by Crippen LogP contribution is 2.22. The van der Waals surface area contributed by atoms with E-state index in [1.165, 1.54) is 6.08 Å². The Bertz CT molecular complexity index is 747.